The van der Waals surface area contributed by atoms with Crippen LogP contribution in [0.5, 0.6) is 5.75 Å². The maximum Gasteiger partial charge on any atom is 0.175 e. The van der Waals surface area contributed by atoms with Gasteiger partial charge in [-0.3, -0.25) is 0 Å². The van der Waals surface area contributed by atoms with Crippen molar-refractivity contribution < 1.29 is 14.0 Å². The van der Waals surface area contributed by atoms with Gasteiger partial charge in [-0.1, -0.05) is 17.3 Å². The molecule has 0 radical (unpaired) electrons. The highest BCUT2D eigenvalue weighted by Gasteiger charge is 2.39. The van der Waals surface area contributed by atoms with Crippen molar-refractivity contribution in [1.29, 1.82) is 0 Å². The SMILES string of the molecule is COc1cccc(-c2c(N)noc2CC2(OC)CCC2)c1. The Labute approximate surface area is 124 Å². The van der Waals surface area contributed by atoms with Crippen molar-refractivity contribution in [3.8, 4) is 16.9 Å². The Morgan fingerprint density at radius 2 is 2.14 bits per heavy atom. The number of anilines is 1. The molecule has 1 aromatic carbocycles. The minimum atomic E-state index is -0.125. The minimum absolute atomic E-state index is 0.125. The van der Waals surface area contributed by atoms with Gasteiger partial charge in [0, 0.05) is 13.5 Å². The van der Waals surface area contributed by atoms with Crippen molar-refractivity contribution in [2.75, 3.05) is 20.0 Å². The summed E-state index contributed by atoms with van der Waals surface area (Å²) in [6.07, 6.45) is 3.97. The normalized spacial score (nSPS) is 16.5. The Morgan fingerprint density at radius 3 is 2.76 bits per heavy atom. The van der Waals surface area contributed by atoms with Crippen LogP contribution in [0.25, 0.3) is 11.1 Å². The smallest absolute Gasteiger partial charge is 0.175 e. The molecular weight excluding hydrogens is 268 g/mol. The first-order valence-electron chi connectivity index (χ1n) is 7.11. The molecule has 2 aromatic rings. The molecule has 5 heteroatoms. The van der Waals surface area contributed by atoms with E-state index in [1.807, 2.05) is 24.3 Å². The van der Waals surface area contributed by atoms with E-state index in [4.69, 9.17) is 19.7 Å². The van der Waals surface area contributed by atoms with Crippen molar-refractivity contribution in [2.45, 2.75) is 31.3 Å². The van der Waals surface area contributed by atoms with E-state index in [2.05, 4.69) is 5.16 Å². The lowest BCUT2D eigenvalue weighted by atomic mass is 9.76. The van der Waals surface area contributed by atoms with Crippen LogP contribution in [-0.4, -0.2) is 25.0 Å². The van der Waals surface area contributed by atoms with Crippen LogP contribution in [-0.2, 0) is 11.2 Å². The molecule has 5 nitrogen and oxygen atoms in total. The summed E-state index contributed by atoms with van der Waals surface area (Å²) in [7, 11) is 3.40. The fourth-order valence-electron chi connectivity index (χ4n) is 2.86. The number of nitrogens with two attached hydrogens (primary N) is 1. The number of hydrogen-bond acceptors (Lipinski definition) is 5. The fourth-order valence-corrected chi connectivity index (χ4v) is 2.86. The van der Waals surface area contributed by atoms with Gasteiger partial charge in [0.1, 0.15) is 11.5 Å². The van der Waals surface area contributed by atoms with Gasteiger partial charge >= 0.3 is 0 Å². The number of rotatable bonds is 5. The zero-order valence-corrected chi connectivity index (χ0v) is 12.4. The van der Waals surface area contributed by atoms with Crippen molar-refractivity contribution in [3.63, 3.8) is 0 Å². The van der Waals surface area contributed by atoms with Crippen LogP contribution < -0.4 is 10.5 Å². The van der Waals surface area contributed by atoms with Gasteiger partial charge in [0.25, 0.3) is 0 Å². The molecule has 112 valence electrons. The third kappa shape index (κ3) is 2.49. The molecule has 1 saturated carbocycles. The van der Waals surface area contributed by atoms with Gasteiger partial charge in [-0.15, -0.1) is 0 Å². The molecule has 0 saturated heterocycles. The molecule has 1 fully saturated rings. The van der Waals surface area contributed by atoms with E-state index in [9.17, 15) is 0 Å². The van der Waals surface area contributed by atoms with Gasteiger partial charge in [-0.05, 0) is 37.0 Å². The van der Waals surface area contributed by atoms with Crippen molar-refractivity contribution in [1.82, 2.24) is 5.16 Å². The number of nitrogen functional groups attached to an aromatic ring is 1. The summed E-state index contributed by atoms with van der Waals surface area (Å²) in [5, 5.41) is 3.93. The molecule has 2 N–H and O–H groups in total. The number of aromatic nitrogens is 1. The van der Waals surface area contributed by atoms with Crippen molar-refractivity contribution in [3.05, 3.63) is 30.0 Å². The van der Waals surface area contributed by atoms with Crippen LogP contribution in [0, 0.1) is 0 Å². The Kier molecular flexibility index (Phi) is 3.59. The van der Waals surface area contributed by atoms with E-state index in [-0.39, 0.29) is 5.60 Å². The quantitative estimate of drug-likeness (QED) is 0.915. The van der Waals surface area contributed by atoms with Crippen LogP contribution in [0.15, 0.2) is 28.8 Å². The second-order valence-corrected chi connectivity index (χ2v) is 5.52. The van der Waals surface area contributed by atoms with E-state index in [1.54, 1.807) is 14.2 Å². The molecule has 1 aromatic heterocycles. The van der Waals surface area contributed by atoms with Crippen LogP contribution in [0.3, 0.4) is 0 Å². The van der Waals surface area contributed by atoms with Crippen LogP contribution in [0.1, 0.15) is 25.0 Å². The largest absolute Gasteiger partial charge is 0.497 e. The Hall–Kier alpha value is -2.01. The standard InChI is InChI=1S/C16H20N2O3/c1-19-12-6-3-5-11(9-12)14-13(21-18-15(14)17)10-16(20-2)7-4-8-16/h3,5-6,9H,4,7-8,10H2,1-2H3,(H2,17,18). The Balaban J connectivity index is 1.96. The van der Waals surface area contributed by atoms with E-state index in [0.717, 1.165) is 35.5 Å². The third-order valence-corrected chi connectivity index (χ3v) is 4.33. The fraction of sp³-hybridized carbons (Fsp3) is 0.438. The van der Waals surface area contributed by atoms with Crippen molar-refractivity contribution >= 4 is 5.82 Å². The number of ether oxygens (including phenoxy) is 2. The highest BCUT2D eigenvalue weighted by Crippen LogP contribution is 2.41. The summed E-state index contributed by atoms with van der Waals surface area (Å²) >= 11 is 0. The molecule has 1 aliphatic rings. The summed E-state index contributed by atoms with van der Waals surface area (Å²) in [4.78, 5) is 0. The lowest BCUT2D eigenvalue weighted by molar-refractivity contribution is -0.0742. The first-order chi connectivity index (χ1) is 10.2. The predicted molar refractivity (Wildman–Crippen MR) is 80.2 cm³/mol. The van der Waals surface area contributed by atoms with E-state index >= 15 is 0 Å². The maximum absolute atomic E-state index is 6.00. The topological polar surface area (TPSA) is 70.5 Å². The molecule has 21 heavy (non-hydrogen) atoms. The summed E-state index contributed by atoms with van der Waals surface area (Å²) in [5.74, 6) is 1.97. The van der Waals surface area contributed by atoms with Gasteiger partial charge in [0.2, 0.25) is 0 Å². The van der Waals surface area contributed by atoms with Gasteiger partial charge < -0.3 is 19.7 Å². The minimum Gasteiger partial charge on any atom is -0.497 e. The highest BCUT2D eigenvalue weighted by molar-refractivity contribution is 5.76. The first-order valence-corrected chi connectivity index (χ1v) is 7.11. The zero-order valence-electron chi connectivity index (χ0n) is 12.4. The highest BCUT2D eigenvalue weighted by atomic mass is 16.5. The van der Waals surface area contributed by atoms with Crippen LogP contribution in [0.4, 0.5) is 5.82 Å². The molecule has 0 spiro atoms. The molecule has 0 amide bonds. The molecule has 3 rings (SSSR count). The summed E-state index contributed by atoms with van der Waals surface area (Å²) < 4.78 is 16.4. The second-order valence-electron chi connectivity index (χ2n) is 5.52. The lowest BCUT2D eigenvalue weighted by Gasteiger charge is -2.39. The molecule has 0 unspecified atom stereocenters. The molecule has 1 aliphatic carbocycles. The van der Waals surface area contributed by atoms with Crippen molar-refractivity contribution in [2.24, 2.45) is 0 Å². The monoisotopic (exact) mass is 288 g/mol. The van der Waals surface area contributed by atoms with Gasteiger partial charge in [-0.2, -0.15) is 0 Å². The van der Waals surface area contributed by atoms with E-state index in [0.29, 0.717) is 12.2 Å². The number of nitrogens with zero attached hydrogens (tertiary/aromatic N) is 1. The first kappa shape index (κ1) is 13.9. The zero-order chi connectivity index (χ0) is 14.9. The average Bonchev–Trinajstić information content (AvgIpc) is 2.83. The summed E-state index contributed by atoms with van der Waals surface area (Å²) in [6.45, 7) is 0. The second kappa shape index (κ2) is 5.41. The molecule has 1 heterocycles. The molecular formula is C16H20N2O3. The van der Waals surface area contributed by atoms with Gasteiger partial charge in [-0.25, -0.2) is 0 Å². The Morgan fingerprint density at radius 1 is 1.33 bits per heavy atom. The van der Waals surface area contributed by atoms with E-state index in [1.165, 1.54) is 6.42 Å². The van der Waals surface area contributed by atoms with Gasteiger partial charge in [0.05, 0.1) is 18.3 Å². The molecule has 0 bridgehead atoms. The summed E-state index contributed by atoms with van der Waals surface area (Å²) in [6, 6.07) is 7.75. The molecule has 0 atom stereocenters. The molecule has 0 aliphatic heterocycles. The average molecular weight is 288 g/mol. The number of methoxy groups -OCH3 is 2. The maximum atomic E-state index is 6.00. The number of hydrogen-bond donors (Lipinski definition) is 1. The summed E-state index contributed by atoms with van der Waals surface area (Å²) in [5.41, 5.74) is 7.67. The predicted octanol–water partition coefficient (Wildman–Crippen LogP) is 3.04. The third-order valence-electron chi connectivity index (χ3n) is 4.33. The lowest BCUT2D eigenvalue weighted by Crippen LogP contribution is -2.41. The van der Waals surface area contributed by atoms with Crippen LogP contribution in [0.2, 0.25) is 0 Å². The Bertz CT molecular complexity index is 627. The van der Waals surface area contributed by atoms with E-state index < -0.39 is 0 Å². The van der Waals surface area contributed by atoms with Gasteiger partial charge in [0.15, 0.2) is 5.82 Å². The van der Waals surface area contributed by atoms with Crippen LogP contribution >= 0.6 is 0 Å². The number of benzene rings is 1.